The summed E-state index contributed by atoms with van der Waals surface area (Å²) in [6.07, 6.45) is 1.32. The lowest BCUT2D eigenvalue weighted by molar-refractivity contribution is -0.0395. The second-order valence-electron chi connectivity index (χ2n) is 6.45. The minimum atomic E-state index is -0.206. The molecule has 2 rings (SSSR count). The van der Waals surface area contributed by atoms with E-state index >= 15 is 0 Å². The molecule has 1 aromatic rings. The van der Waals surface area contributed by atoms with Gasteiger partial charge in [-0.1, -0.05) is 26.8 Å². The van der Waals surface area contributed by atoms with Gasteiger partial charge >= 0.3 is 0 Å². The molecule has 19 heavy (non-hydrogen) atoms. The highest BCUT2D eigenvalue weighted by atomic mass is 16.5. The van der Waals surface area contributed by atoms with Crippen molar-refractivity contribution in [1.82, 2.24) is 0 Å². The van der Waals surface area contributed by atoms with Crippen LogP contribution in [-0.2, 0) is 11.2 Å². The highest BCUT2D eigenvalue weighted by Gasteiger charge is 2.31. The van der Waals surface area contributed by atoms with E-state index in [1.165, 1.54) is 6.07 Å². The zero-order chi connectivity index (χ0) is 14.2. The second kappa shape index (κ2) is 5.02. The average Bonchev–Trinajstić information content (AvgIpc) is 2.31. The molecule has 0 aliphatic carbocycles. The fourth-order valence-corrected chi connectivity index (χ4v) is 2.72. The van der Waals surface area contributed by atoms with Crippen molar-refractivity contribution in [2.75, 3.05) is 6.54 Å². The van der Waals surface area contributed by atoms with E-state index in [4.69, 9.17) is 10.5 Å². The van der Waals surface area contributed by atoms with Crippen molar-refractivity contribution in [3.8, 4) is 11.5 Å². The van der Waals surface area contributed by atoms with Crippen LogP contribution in [0.2, 0.25) is 0 Å². The number of aromatic hydroxyl groups is 2. The van der Waals surface area contributed by atoms with Crippen molar-refractivity contribution in [1.29, 1.82) is 0 Å². The predicted octanol–water partition coefficient (Wildman–Crippen LogP) is 2.48. The average molecular weight is 265 g/mol. The topological polar surface area (TPSA) is 75.7 Å². The first-order valence-electron chi connectivity index (χ1n) is 6.71. The maximum atomic E-state index is 10.0. The molecule has 0 radical (unpaired) electrons. The van der Waals surface area contributed by atoms with Crippen LogP contribution in [0, 0.1) is 5.41 Å². The maximum Gasteiger partial charge on any atom is 0.161 e. The summed E-state index contributed by atoms with van der Waals surface area (Å²) in [5, 5.41) is 19.7. The molecule has 1 heterocycles. The van der Waals surface area contributed by atoms with Crippen LogP contribution in [0.3, 0.4) is 0 Å². The van der Waals surface area contributed by atoms with Crippen LogP contribution in [0.5, 0.6) is 11.5 Å². The van der Waals surface area contributed by atoms with Crippen molar-refractivity contribution in [2.45, 2.75) is 45.8 Å². The van der Waals surface area contributed by atoms with Gasteiger partial charge in [-0.3, -0.25) is 0 Å². The molecule has 2 unspecified atom stereocenters. The van der Waals surface area contributed by atoms with Crippen molar-refractivity contribution >= 4 is 0 Å². The molecule has 0 bridgehead atoms. The Bertz CT molecular complexity index is 465. The molecule has 4 N–H and O–H groups in total. The molecule has 106 valence electrons. The SMILES string of the molecule is CC(C)(C)CC1Cc2c(ccc(O)c2O)C(CN)O1. The van der Waals surface area contributed by atoms with Gasteiger partial charge in [-0.15, -0.1) is 0 Å². The standard InChI is InChI=1S/C15H23NO3/c1-15(2,3)7-9-6-11-10(13(8-16)19-9)4-5-12(17)14(11)18/h4-5,9,13,17-18H,6-8,16H2,1-3H3. The number of ether oxygens (including phenoxy) is 1. The van der Waals surface area contributed by atoms with Crippen LogP contribution in [-0.4, -0.2) is 22.9 Å². The van der Waals surface area contributed by atoms with Crippen LogP contribution in [0.1, 0.15) is 44.4 Å². The van der Waals surface area contributed by atoms with E-state index in [0.717, 1.165) is 17.5 Å². The number of nitrogens with two attached hydrogens (primary N) is 1. The van der Waals surface area contributed by atoms with E-state index in [-0.39, 0.29) is 29.1 Å². The summed E-state index contributed by atoms with van der Waals surface area (Å²) in [6, 6.07) is 3.28. The number of hydrogen-bond donors (Lipinski definition) is 3. The van der Waals surface area contributed by atoms with Gasteiger partial charge in [0.1, 0.15) is 0 Å². The van der Waals surface area contributed by atoms with Crippen molar-refractivity contribution in [3.63, 3.8) is 0 Å². The molecule has 2 atom stereocenters. The van der Waals surface area contributed by atoms with E-state index < -0.39 is 0 Å². The number of phenolic OH excluding ortho intramolecular Hbond substituents is 2. The Kier molecular flexibility index (Phi) is 3.74. The predicted molar refractivity (Wildman–Crippen MR) is 74.2 cm³/mol. The van der Waals surface area contributed by atoms with Gasteiger partial charge in [0.2, 0.25) is 0 Å². The largest absolute Gasteiger partial charge is 0.504 e. The van der Waals surface area contributed by atoms with E-state index in [9.17, 15) is 10.2 Å². The van der Waals surface area contributed by atoms with E-state index in [1.807, 2.05) is 0 Å². The highest BCUT2D eigenvalue weighted by Crippen LogP contribution is 2.41. The van der Waals surface area contributed by atoms with E-state index in [0.29, 0.717) is 13.0 Å². The lowest BCUT2D eigenvalue weighted by Crippen LogP contribution is -2.32. The molecule has 4 heteroatoms. The Balaban J connectivity index is 2.33. The molecule has 0 saturated heterocycles. The summed E-state index contributed by atoms with van der Waals surface area (Å²) in [6.45, 7) is 6.85. The van der Waals surface area contributed by atoms with Crippen LogP contribution in [0.15, 0.2) is 12.1 Å². The quantitative estimate of drug-likeness (QED) is 0.718. The summed E-state index contributed by atoms with van der Waals surface area (Å²) >= 11 is 0. The van der Waals surface area contributed by atoms with Gasteiger partial charge in [-0.2, -0.15) is 0 Å². The van der Waals surface area contributed by atoms with E-state index in [2.05, 4.69) is 20.8 Å². The summed E-state index contributed by atoms with van der Waals surface area (Å²) < 4.78 is 6.02. The third-order valence-electron chi connectivity index (χ3n) is 3.49. The Morgan fingerprint density at radius 1 is 1.32 bits per heavy atom. The van der Waals surface area contributed by atoms with Gasteiger partial charge in [-0.25, -0.2) is 0 Å². The molecule has 1 aromatic carbocycles. The minimum absolute atomic E-state index is 0.0220. The Hall–Kier alpha value is -1.26. The van der Waals surface area contributed by atoms with Gasteiger partial charge in [0, 0.05) is 18.5 Å². The van der Waals surface area contributed by atoms with Crippen molar-refractivity contribution < 1.29 is 14.9 Å². The van der Waals surface area contributed by atoms with Crippen LogP contribution in [0.4, 0.5) is 0 Å². The zero-order valence-corrected chi connectivity index (χ0v) is 11.8. The molecule has 1 aliphatic heterocycles. The van der Waals surface area contributed by atoms with E-state index in [1.54, 1.807) is 6.07 Å². The molecule has 0 fully saturated rings. The zero-order valence-electron chi connectivity index (χ0n) is 11.8. The summed E-state index contributed by atoms with van der Waals surface area (Å²) in [5.41, 5.74) is 7.58. The molecule has 0 amide bonds. The Labute approximate surface area is 114 Å². The summed E-state index contributed by atoms with van der Waals surface area (Å²) in [4.78, 5) is 0. The molecule has 1 aliphatic rings. The molecule has 0 saturated carbocycles. The van der Waals surface area contributed by atoms with Gasteiger partial charge in [0.15, 0.2) is 11.5 Å². The third kappa shape index (κ3) is 3.01. The first-order valence-corrected chi connectivity index (χ1v) is 6.71. The number of fused-ring (bicyclic) bond motifs is 1. The van der Waals surface area contributed by atoms with Gasteiger partial charge in [0.05, 0.1) is 12.2 Å². The van der Waals surface area contributed by atoms with Crippen LogP contribution >= 0.6 is 0 Å². The monoisotopic (exact) mass is 265 g/mol. The lowest BCUT2D eigenvalue weighted by Gasteiger charge is -2.35. The van der Waals surface area contributed by atoms with Gasteiger partial charge in [-0.05, 0) is 23.5 Å². The minimum Gasteiger partial charge on any atom is -0.504 e. The van der Waals surface area contributed by atoms with Crippen molar-refractivity contribution in [2.24, 2.45) is 11.1 Å². The fraction of sp³-hybridized carbons (Fsp3) is 0.600. The normalized spacial score (nSPS) is 23.2. The van der Waals surface area contributed by atoms with Crippen LogP contribution < -0.4 is 5.73 Å². The Morgan fingerprint density at radius 2 is 2.00 bits per heavy atom. The number of benzene rings is 1. The smallest absolute Gasteiger partial charge is 0.161 e. The number of rotatable bonds is 2. The molecular formula is C15H23NO3. The lowest BCUT2D eigenvalue weighted by atomic mass is 9.84. The molecular weight excluding hydrogens is 242 g/mol. The van der Waals surface area contributed by atoms with Gasteiger partial charge < -0.3 is 20.7 Å². The first-order chi connectivity index (χ1) is 8.81. The maximum absolute atomic E-state index is 10.0. The van der Waals surface area contributed by atoms with Gasteiger partial charge in [0.25, 0.3) is 0 Å². The number of phenols is 2. The number of hydrogen-bond acceptors (Lipinski definition) is 4. The fourth-order valence-electron chi connectivity index (χ4n) is 2.72. The summed E-state index contributed by atoms with van der Waals surface area (Å²) in [5.74, 6) is -0.107. The molecule has 0 spiro atoms. The summed E-state index contributed by atoms with van der Waals surface area (Å²) in [7, 11) is 0. The van der Waals surface area contributed by atoms with Crippen molar-refractivity contribution in [3.05, 3.63) is 23.3 Å². The third-order valence-corrected chi connectivity index (χ3v) is 3.49. The Morgan fingerprint density at radius 3 is 2.58 bits per heavy atom. The molecule has 4 nitrogen and oxygen atoms in total. The second-order valence-corrected chi connectivity index (χ2v) is 6.45. The highest BCUT2D eigenvalue weighted by molar-refractivity contribution is 5.50. The first kappa shape index (κ1) is 14.2. The van der Waals surface area contributed by atoms with Crippen LogP contribution in [0.25, 0.3) is 0 Å². The molecule has 0 aromatic heterocycles.